The van der Waals surface area contributed by atoms with Gasteiger partial charge in [-0.1, -0.05) is 60.1 Å². The summed E-state index contributed by atoms with van der Waals surface area (Å²) in [4.78, 5) is 41.5. The van der Waals surface area contributed by atoms with Gasteiger partial charge in [0, 0.05) is 18.4 Å². The highest BCUT2D eigenvalue weighted by atomic mass is 79.9. The van der Waals surface area contributed by atoms with Crippen molar-refractivity contribution in [1.82, 2.24) is 15.5 Å². The Morgan fingerprint density at radius 3 is 2.56 bits per heavy atom. The lowest BCUT2D eigenvalue weighted by Crippen LogP contribution is -2.59. The fourth-order valence-corrected chi connectivity index (χ4v) is 6.64. The lowest BCUT2D eigenvalue weighted by molar-refractivity contribution is -0.146. The average molecular weight is 508 g/mol. The number of rotatable bonds is 7. The molecule has 32 heavy (non-hydrogen) atoms. The summed E-state index contributed by atoms with van der Waals surface area (Å²) in [5, 5.41) is 15.7. The number of amides is 3. The quantitative estimate of drug-likeness (QED) is 0.473. The van der Waals surface area contributed by atoms with Crippen LogP contribution in [0.1, 0.15) is 25.8 Å². The molecular formula is C23H30BrN3O5. The van der Waals surface area contributed by atoms with E-state index < -0.39 is 35.6 Å². The third-order valence-corrected chi connectivity index (χ3v) is 7.99. The molecule has 3 N–H and O–H groups in total. The van der Waals surface area contributed by atoms with Crippen molar-refractivity contribution in [3.63, 3.8) is 0 Å². The monoisotopic (exact) mass is 507 g/mol. The van der Waals surface area contributed by atoms with E-state index in [1.165, 1.54) is 11.9 Å². The number of nitrogens with one attached hydrogen (secondary N) is 2. The zero-order valence-electron chi connectivity index (χ0n) is 18.5. The van der Waals surface area contributed by atoms with Crippen molar-refractivity contribution in [2.45, 2.75) is 55.4 Å². The smallest absolute Gasteiger partial charge is 0.246 e. The van der Waals surface area contributed by atoms with Gasteiger partial charge in [0.1, 0.15) is 11.6 Å². The van der Waals surface area contributed by atoms with Crippen LogP contribution in [0.15, 0.2) is 30.3 Å². The van der Waals surface area contributed by atoms with Crippen molar-refractivity contribution in [1.29, 1.82) is 0 Å². The van der Waals surface area contributed by atoms with Gasteiger partial charge in [-0.05, 0) is 17.9 Å². The van der Waals surface area contributed by atoms with E-state index in [1.54, 1.807) is 0 Å². The number of alkyl halides is 1. The first-order valence-electron chi connectivity index (χ1n) is 11.0. The minimum Gasteiger partial charge on any atom is -0.394 e. The summed E-state index contributed by atoms with van der Waals surface area (Å²) in [7, 11) is 1.54. The summed E-state index contributed by atoms with van der Waals surface area (Å²) in [5.74, 6) is -2.43. The largest absolute Gasteiger partial charge is 0.394 e. The van der Waals surface area contributed by atoms with E-state index in [4.69, 9.17) is 4.74 Å². The van der Waals surface area contributed by atoms with E-state index in [0.717, 1.165) is 5.56 Å². The molecule has 1 aromatic rings. The van der Waals surface area contributed by atoms with Crippen molar-refractivity contribution in [2.75, 3.05) is 13.7 Å². The number of halogens is 1. The van der Waals surface area contributed by atoms with Gasteiger partial charge in [0.25, 0.3) is 0 Å². The highest BCUT2D eigenvalue weighted by Crippen LogP contribution is 2.60. The number of carbonyl (C=O) groups excluding carboxylic acids is 3. The molecule has 3 unspecified atom stereocenters. The van der Waals surface area contributed by atoms with E-state index in [1.807, 2.05) is 44.2 Å². The molecule has 2 bridgehead atoms. The molecule has 8 nitrogen and oxygen atoms in total. The van der Waals surface area contributed by atoms with E-state index in [0.29, 0.717) is 13.0 Å². The maximum atomic E-state index is 13.8. The molecular weight excluding hydrogens is 478 g/mol. The summed E-state index contributed by atoms with van der Waals surface area (Å²) in [6.45, 7) is 3.84. The Labute approximate surface area is 196 Å². The first-order chi connectivity index (χ1) is 15.3. The second kappa shape index (κ2) is 8.76. The van der Waals surface area contributed by atoms with Gasteiger partial charge in [0.2, 0.25) is 17.7 Å². The zero-order chi connectivity index (χ0) is 23.2. The predicted molar refractivity (Wildman–Crippen MR) is 121 cm³/mol. The van der Waals surface area contributed by atoms with Gasteiger partial charge in [-0.25, -0.2) is 0 Å². The number of hydrogen-bond acceptors (Lipinski definition) is 5. The van der Waals surface area contributed by atoms with Crippen LogP contribution < -0.4 is 10.6 Å². The van der Waals surface area contributed by atoms with E-state index in [9.17, 15) is 19.5 Å². The van der Waals surface area contributed by atoms with Crippen LogP contribution in [0, 0.1) is 17.8 Å². The Morgan fingerprint density at radius 1 is 1.28 bits per heavy atom. The average Bonchev–Trinajstić information content (AvgIpc) is 3.36. The molecule has 7 atom stereocenters. The molecule has 3 aliphatic rings. The Balaban J connectivity index is 1.73. The van der Waals surface area contributed by atoms with Gasteiger partial charge < -0.3 is 25.4 Å². The van der Waals surface area contributed by atoms with Crippen molar-refractivity contribution >= 4 is 33.7 Å². The van der Waals surface area contributed by atoms with Gasteiger partial charge >= 0.3 is 0 Å². The molecule has 1 aromatic carbocycles. The Hall–Kier alpha value is -1.97. The number of benzene rings is 1. The number of hydrogen-bond donors (Lipinski definition) is 3. The summed E-state index contributed by atoms with van der Waals surface area (Å²) < 4.78 is 6.38. The maximum absolute atomic E-state index is 13.8. The number of fused-ring (bicyclic) bond motifs is 1. The lowest BCUT2D eigenvalue weighted by Gasteiger charge is -2.38. The summed E-state index contributed by atoms with van der Waals surface area (Å²) in [6, 6.07) is 8.04. The minimum absolute atomic E-state index is 0.0842. The van der Waals surface area contributed by atoms with Gasteiger partial charge in [-0.2, -0.15) is 0 Å². The third-order valence-electron chi connectivity index (χ3n) is 7.15. The fourth-order valence-electron chi connectivity index (χ4n) is 5.69. The van der Waals surface area contributed by atoms with Crippen LogP contribution in [0.3, 0.4) is 0 Å². The molecule has 0 aliphatic carbocycles. The Morgan fingerprint density at radius 2 is 1.97 bits per heavy atom. The molecule has 0 saturated carbocycles. The molecule has 3 heterocycles. The summed E-state index contributed by atoms with van der Waals surface area (Å²) in [5.41, 5.74) is -0.178. The molecule has 3 aliphatic heterocycles. The second-order valence-electron chi connectivity index (χ2n) is 9.22. The number of likely N-dealkylation sites (tertiary alicyclic amines) is 1. The molecule has 4 rings (SSSR count). The third kappa shape index (κ3) is 3.45. The molecule has 174 valence electrons. The first kappa shape index (κ1) is 23.2. The van der Waals surface area contributed by atoms with Crippen LogP contribution in [-0.4, -0.2) is 70.0 Å². The van der Waals surface area contributed by atoms with Gasteiger partial charge in [-0.15, -0.1) is 0 Å². The SMILES string of the molecule is CNC(=O)[C@H]1[C@@H]2OC3(CC2Br)C(C(=O)NCc2ccccc2)N([C@@H](CO)C(C)C)C(=O)[C@H]13. The van der Waals surface area contributed by atoms with E-state index >= 15 is 0 Å². The summed E-state index contributed by atoms with van der Waals surface area (Å²) in [6.07, 6.45) is -0.0420. The maximum Gasteiger partial charge on any atom is 0.246 e. The zero-order valence-corrected chi connectivity index (χ0v) is 20.0. The molecule has 3 saturated heterocycles. The van der Waals surface area contributed by atoms with Gasteiger partial charge in [0.15, 0.2) is 0 Å². The molecule has 9 heteroatoms. The van der Waals surface area contributed by atoms with E-state index in [2.05, 4.69) is 26.6 Å². The number of nitrogens with zero attached hydrogens (tertiary/aromatic N) is 1. The van der Waals surface area contributed by atoms with Crippen LogP contribution in [-0.2, 0) is 25.7 Å². The number of ether oxygens (including phenoxy) is 1. The highest BCUT2D eigenvalue weighted by molar-refractivity contribution is 9.09. The van der Waals surface area contributed by atoms with Gasteiger partial charge in [0.05, 0.1) is 30.6 Å². The van der Waals surface area contributed by atoms with Crippen molar-refractivity contribution in [2.24, 2.45) is 17.8 Å². The number of carbonyl (C=O) groups is 3. The van der Waals surface area contributed by atoms with Crippen molar-refractivity contribution in [3.8, 4) is 0 Å². The first-order valence-corrected chi connectivity index (χ1v) is 12.0. The Kier molecular flexibility index (Phi) is 6.35. The standard InChI is InChI=1S/C23H30BrN3O5/c1-12(2)15(11-28)27-19(21(30)26-10-13-7-5-4-6-8-13)23-9-14(24)18(32-23)16(20(29)25-3)17(23)22(27)31/h4-8,12,14-19,28H,9-11H2,1-3H3,(H,25,29)(H,26,30)/t14?,15-,16+,17-,18+,19?,23?/m0/s1. The Bertz CT molecular complexity index is 897. The molecule has 3 amide bonds. The molecule has 0 aromatic heterocycles. The predicted octanol–water partition coefficient (Wildman–Crippen LogP) is 0.814. The van der Waals surface area contributed by atoms with Gasteiger partial charge in [-0.3, -0.25) is 14.4 Å². The molecule has 3 fully saturated rings. The highest BCUT2D eigenvalue weighted by Gasteiger charge is 2.77. The topological polar surface area (TPSA) is 108 Å². The second-order valence-corrected chi connectivity index (χ2v) is 10.4. The number of aliphatic hydroxyl groups is 1. The van der Waals surface area contributed by atoms with Crippen LogP contribution >= 0.6 is 15.9 Å². The number of aliphatic hydroxyl groups excluding tert-OH is 1. The van der Waals surface area contributed by atoms with Crippen molar-refractivity contribution in [3.05, 3.63) is 35.9 Å². The van der Waals surface area contributed by atoms with Crippen LogP contribution in [0.2, 0.25) is 0 Å². The summed E-state index contributed by atoms with van der Waals surface area (Å²) >= 11 is 3.62. The van der Waals surface area contributed by atoms with Crippen LogP contribution in [0.4, 0.5) is 0 Å². The van der Waals surface area contributed by atoms with Crippen LogP contribution in [0.5, 0.6) is 0 Å². The van der Waals surface area contributed by atoms with Crippen molar-refractivity contribution < 1.29 is 24.2 Å². The molecule has 0 radical (unpaired) electrons. The van der Waals surface area contributed by atoms with E-state index in [-0.39, 0.29) is 35.1 Å². The fraction of sp³-hybridized carbons (Fsp3) is 0.609. The lowest BCUT2D eigenvalue weighted by atomic mass is 9.70. The molecule has 1 spiro atoms. The minimum atomic E-state index is -1.11. The van der Waals surface area contributed by atoms with Crippen LogP contribution in [0.25, 0.3) is 0 Å². The normalized spacial score (nSPS) is 34.0.